The van der Waals surface area contributed by atoms with Crippen molar-refractivity contribution in [3.8, 4) is 5.88 Å². The summed E-state index contributed by atoms with van der Waals surface area (Å²) in [6.07, 6.45) is 3.85. The van der Waals surface area contributed by atoms with Gasteiger partial charge in [-0.15, -0.1) is 0 Å². The number of hydrogen-bond acceptors (Lipinski definition) is 3. The van der Waals surface area contributed by atoms with Crippen molar-refractivity contribution in [1.82, 2.24) is 10.3 Å². The Morgan fingerprint density at radius 2 is 2.00 bits per heavy atom. The molecule has 112 valence electrons. The highest BCUT2D eigenvalue weighted by Gasteiger charge is 2.10. The Morgan fingerprint density at radius 3 is 2.62 bits per heavy atom. The average molecular weight is 349 g/mol. The van der Waals surface area contributed by atoms with Gasteiger partial charge >= 0.3 is 0 Å². The Hall–Kier alpha value is -1.39. The lowest BCUT2D eigenvalue weighted by molar-refractivity contribution is 0.397. The smallest absolute Gasteiger partial charge is 0.212 e. The van der Waals surface area contributed by atoms with Crippen LogP contribution in [0.5, 0.6) is 5.88 Å². The number of methoxy groups -OCH3 is 1. The van der Waals surface area contributed by atoms with Crippen LogP contribution in [-0.4, -0.2) is 24.7 Å². The molecule has 21 heavy (non-hydrogen) atoms. The first kappa shape index (κ1) is 16.0. The van der Waals surface area contributed by atoms with Crippen molar-refractivity contribution in [2.45, 2.75) is 25.8 Å². The fraction of sp³-hybridized carbons (Fsp3) is 0.353. The van der Waals surface area contributed by atoms with E-state index in [2.05, 4.69) is 63.5 Å². The van der Waals surface area contributed by atoms with Gasteiger partial charge in [0.15, 0.2) is 0 Å². The molecule has 0 aliphatic carbocycles. The molecule has 0 fully saturated rings. The fourth-order valence-electron chi connectivity index (χ4n) is 2.39. The number of halogens is 1. The number of ether oxygens (including phenoxy) is 1. The van der Waals surface area contributed by atoms with E-state index in [0.717, 1.165) is 23.9 Å². The van der Waals surface area contributed by atoms with Crippen LogP contribution in [0.3, 0.4) is 0 Å². The first-order valence-corrected chi connectivity index (χ1v) is 7.97. The molecule has 1 unspecified atom stereocenters. The maximum Gasteiger partial charge on any atom is 0.212 e. The molecule has 0 saturated heterocycles. The zero-order valence-electron chi connectivity index (χ0n) is 12.5. The predicted octanol–water partition coefficient (Wildman–Crippen LogP) is 3.62. The van der Waals surface area contributed by atoms with Crippen molar-refractivity contribution in [1.29, 1.82) is 0 Å². The number of likely N-dealkylation sites (N-methyl/N-ethyl adjacent to an activating group) is 1. The number of aromatic nitrogens is 1. The van der Waals surface area contributed by atoms with E-state index >= 15 is 0 Å². The molecular weight excluding hydrogens is 328 g/mol. The van der Waals surface area contributed by atoms with Crippen LogP contribution in [-0.2, 0) is 12.8 Å². The number of nitrogens with zero attached hydrogens (tertiary/aromatic N) is 1. The molecule has 3 nitrogen and oxygen atoms in total. The molecule has 0 aliphatic rings. The van der Waals surface area contributed by atoms with E-state index in [1.54, 1.807) is 7.11 Å². The second-order valence-corrected chi connectivity index (χ2v) is 5.92. The molecule has 1 N–H and O–H groups in total. The molecule has 0 spiro atoms. The number of benzene rings is 1. The lowest BCUT2D eigenvalue weighted by atomic mass is 10.00. The largest absolute Gasteiger partial charge is 0.481 e. The summed E-state index contributed by atoms with van der Waals surface area (Å²) in [4.78, 5) is 4.27. The minimum absolute atomic E-state index is 0.402. The van der Waals surface area contributed by atoms with E-state index in [-0.39, 0.29) is 0 Å². The summed E-state index contributed by atoms with van der Waals surface area (Å²) in [6, 6.07) is 12.9. The third-order valence-electron chi connectivity index (χ3n) is 3.35. The molecule has 4 heteroatoms. The molecule has 0 amide bonds. The highest BCUT2D eigenvalue weighted by atomic mass is 79.9. The van der Waals surface area contributed by atoms with Gasteiger partial charge in [0.1, 0.15) is 0 Å². The highest BCUT2D eigenvalue weighted by Crippen LogP contribution is 2.15. The summed E-state index contributed by atoms with van der Waals surface area (Å²) in [5.41, 5.74) is 2.55. The van der Waals surface area contributed by atoms with Gasteiger partial charge in [-0.2, -0.15) is 0 Å². The number of nitrogens with one attached hydrogen (secondary N) is 1. The van der Waals surface area contributed by atoms with Crippen molar-refractivity contribution in [2.24, 2.45) is 0 Å². The molecule has 0 bridgehead atoms. The minimum Gasteiger partial charge on any atom is -0.481 e. The molecule has 2 aromatic rings. The van der Waals surface area contributed by atoms with Gasteiger partial charge in [0.25, 0.3) is 0 Å². The molecule has 0 saturated carbocycles. The van der Waals surface area contributed by atoms with E-state index in [4.69, 9.17) is 4.74 Å². The normalized spacial score (nSPS) is 12.1. The van der Waals surface area contributed by atoms with E-state index in [1.165, 1.54) is 11.1 Å². The van der Waals surface area contributed by atoms with Gasteiger partial charge in [0.05, 0.1) is 7.11 Å². The second-order valence-electron chi connectivity index (χ2n) is 5.00. The van der Waals surface area contributed by atoms with Gasteiger partial charge in [0, 0.05) is 22.8 Å². The number of rotatable bonds is 7. The van der Waals surface area contributed by atoms with Gasteiger partial charge < -0.3 is 10.1 Å². The fourth-order valence-corrected chi connectivity index (χ4v) is 2.84. The zero-order chi connectivity index (χ0) is 15.1. The average Bonchev–Trinajstić information content (AvgIpc) is 2.48. The van der Waals surface area contributed by atoms with Gasteiger partial charge in [-0.05, 0) is 42.6 Å². The lowest BCUT2D eigenvalue weighted by Gasteiger charge is -2.18. The predicted molar refractivity (Wildman–Crippen MR) is 89.8 cm³/mol. The molecule has 1 atom stereocenters. The van der Waals surface area contributed by atoms with Crippen molar-refractivity contribution >= 4 is 15.9 Å². The van der Waals surface area contributed by atoms with Crippen LogP contribution in [0, 0.1) is 0 Å². The van der Waals surface area contributed by atoms with E-state index < -0.39 is 0 Å². The van der Waals surface area contributed by atoms with Crippen LogP contribution >= 0.6 is 15.9 Å². The third kappa shape index (κ3) is 5.14. The van der Waals surface area contributed by atoms with Crippen LogP contribution in [0.4, 0.5) is 0 Å². The first-order chi connectivity index (χ1) is 10.2. The van der Waals surface area contributed by atoms with Crippen LogP contribution in [0.15, 0.2) is 47.1 Å². The summed E-state index contributed by atoms with van der Waals surface area (Å²) < 4.78 is 6.22. The Balaban J connectivity index is 2.04. The van der Waals surface area contributed by atoms with Crippen molar-refractivity contribution in [2.75, 3.05) is 13.7 Å². The quantitative estimate of drug-likeness (QED) is 0.829. The molecule has 1 heterocycles. The van der Waals surface area contributed by atoms with Crippen molar-refractivity contribution in [3.05, 3.63) is 58.2 Å². The molecule has 0 aliphatic heterocycles. The van der Waals surface area contributed by atoms with Gasteiger partial charge in [-0.3, -0.25) is 0 Å². The molecule has 1 aromatic carbocycles. The first-order valence-electron chi connectivity index (χ1n) is 7.18. The molecular formula is C17H21BrN2O. The Labute approximate surface area is 134 Å². The zero-order valence-corrected chi connectivity index (χ0v) is 14.1. The molecule has 2 rings (SSSR count). The third-order valence-corrected chi connectivity index (χ3v) is 3.85. The topological polar surface area (TPSA) is 34.1 Å². The second kappa shape index (κ2) is 8.15. The van der Waals surface area contributed by atoms with Crippen LogP contribution in [0.1, 0.15) is 18.1 Å². The minimum atomic E-state index is 0.402. The van der Waals surface area contributed by atoms with Crippen LogP contribution in [0.25, 0.3) is 0 Å². The Morgan fingerprint density at radius 1 is 1.19 bits per heavy atom. The highest BCUT2D eigenvalue weighted by molar-refractivity contribution is 9.10. The lowest BCUT2D eigenvalue weighted by Crippen LogP contribution is -2.33. The summed E-state index contributed by atoms with van der Waals surface area (Å²) in [7, 11) is 1.64. The number of hydrogen-bond donors (Lipinski definition) is 1. The summed E-state index contributed by atoms with van der Waals surface area (Å²) in [5.74, 6) is 0.658. The van der Waals surface area contributed by atoms with Crippen LogP contribution in [0.2, 0.25) is 0 Å². The maximum absolute atomic E-state index is 5.10. The SMILES string of the molecule is CCNC(Cc1ccc(OC)nc1)Cc1cccc(Br)c1. The molecule has 1 aromatic heterocycles. The van der Waals surface area contributed by atoms with E-state index in [0.29, 0.717) is 11.9 Å². The van der Waals surface area contributed by atoms with E-state index in [9.17, 15) is 0 Å². The maximum atomic E-state index is 5.10. The van der Waals surface area contributed by atoms with Gasteiger partial charge in [0.2, 0.25) is 5.88 Å². The van der Waals surface area contributed by atoms with Gasteiger partial charge in [-0.1, -0.05) is 41.1 Å². The monoisotopic (exact) mass is 348 g/mol. The van der Waals surface area contributed by atoms with E-state index in [1.807, 2.05) is 12.3 Å². The van der Waals surface area contributed by atoms with Crippen molar-refractivity contribution in [3.63, 3.8) is 0 Å². The molecule has 0 radical (unpaired) electrons. The number of pyridine rings is 1. The Kier molecular flexibility index (Phi) is 6.21. The summed E-state index contributed by atoms with van der Waals surface area (Å²) in [6.45, 7) is 3.10. The standard InChI is InChI=1S/C17H21BrN2O/c1-3-19-16(10-13-5-4-6-15(18)9-13)11-14-7-8-17(21-2)20-12-14/h4-9,12,16,19H,3,10-11H2,1-2H3. The summed E-state index contributed by atoms with van der Waals surface area (Å²) in [5, 5.41) is 3.55. The van der Waals surface area contributed by atoms with Crippen molar-refractivity contribution < 1.29 is 4.74 Å². The van der Waals surface area contributed by atoms with Crippen LogP contribution < -0.4 is 10.1 Å². The van der Waals surface area contributed by atoms with Gasteiger partial charge in [-0.25, -0.2) is 4.98 Å². The summed E-state index contributed by atoms with van der Waals surface area (Å²) >= 11 is 3.53. The Bertz CT molecular complexity index is 557.